The zero-order valence-corrected chi connectivity index (χ0v) is 35.9. The van der Waals surface area contributed by atoms with Gasteiger partial charge >= 0.3 is 35.8 Å². The van der Waals surface area contributed by atoms with E-state index in [1.165, 1.54) is 19.1 Å². The molecule has 15 nitrogen and oxygen atoms in total. The van der Waals surface area contributed by atoms with E-state index in [4.69, 9.17) is 33.2 Å². The molecule has 2 aromatic carbocycles. The van der Waals surface area contributed by atoms with Crippen LogP contribution in [0.3, 0.4) is 0 Å². The van der Waals surface area contributed by atoms with E-state index < -0.39 is 113 Å². The number of carbonyl (C=O) groups is 7. The summed E-state index contributed by atoms with van der Waals surface area (Å²) >= 11 is 0. The zero-order valence-electron chi connectivity index (χ0n) is 35.9. The quantitative estimate of drug-likeness (QED) is 0.162. The minimum Gasteiger partial charge on any atom is -0.462 e. The van der Waals surface area contributed by atoms with Crippen LogP contribution in [0.4, 0.5) is 0 Å². The fourth-order valence-electron chi connectivity index (χ4n) is 10.7. The molecule has 1 aliphatic heterocycles. The van der Waals surface area contributed by atoms with Crippen LogP contribution < -0.4 is 0 Å². The normalized spacial score (nSPS) is 33.2. The number of hydrogen-bond donors (Lipinski definition) is 0. The van der Waals surface area contributed by atoms with Crippen LogP contribution in [0.2, 0.25) is 0 Å². The van der Waals surface area contributed by atoms with E-state index in [2.05, 4.69) is 6.58 Å². The van der Waals surface area contributed by atoms with Gasteiger partial charge in [-0.25, -0.2) is 4.79 Å². The van der Waals surface area contributed by atoms with Crippen LogP contribution in [-0.2, 0) is 61.9 Å². The van der Waals surface area contributed by atoms with Crippen LogP contribution in [-0.4, -0.2) is 110 Å². The highest BCUT2D eigenvalue weighted by Crippen LogP contribution is 2.66. The highest BCUT2D eigenvalue weighted by Gasteiger charge is 2.77. The topological polar surface area (TPSA) is 187 Å². The van der Waals surface area contributed by atoms with Crippen LogP contribution in [0.5, 0.6) is 0 Å². The predicted molar refractivity (Wildman–Crippen MR) is 215 cm³/mol. The Hall–Kier alpha value is -5.41. The molecule has 328 valence electrons. The molecule has 3 aliphatic carbocycles. The number of rotatable bonds is 12. The van der Waals surface area contributed by atoms with Gasteiger partial charge in [-0.1, -0.05) is 62.0 Å². The van der Waals surface area contributed by atoms with Gasteiger partial charge in [0.25, 0.3) is 0 Å². The van der Waals surface area contributed by atoms with Gasteiger partial charge in [-0.3, -0.25) is 28.8 Å². The van der Waals surface area contributed by atoms with Gasteiger partial charge in [-0.2, -0.15) is 0 Å². The van der Waals surface area contributed by atoms with Gasteiger partial charge in [0.1, 0.15) is 36.6 Å². The van der Waals surface area contributed by atoms with Crippen molar-refractivity contribution < 1.29 is 66.7 Å². The van der Waals surface area contributed by atoms with Gasteiger partial charge in [-0.15, -0.1) is 0 Å². The Morgan fingerprint density at radius 3 is 1.95 bits per heavy atom. The molecule has 4 fully saturated rings. The number of esters is 6. The van der Waals surface area contributed by atoms with Crippen molar-refractivity contribution >= 4 is 41.6 Å². The van der Waals surface area contributed by atoms with Crippen molar-refractivity contribution in [2.24, 2.45) is 28.6 Å². The fourth-order valence-corrected chi connectivity index (χ4v) is 10.7. The van der Waals surface area contributed by atoms with Crippen LogP contribution in [0.25, 0.3) is 0 Å². The largest absolute Gasteiger partial charge is 0.462 e. The van der Waals surface area contributed by atoms with Crippen molar-refractivity contribution in [1.82, 2.24) is 4.90 Å². The molecule has 6 rings (SSSR count). The number of ketones is 1. The van der Waals surface area contributed by atoms with Crippen molar-refractivity contribution in [3.63, 3.8) is 0 Å². The first-order valence-corrected chi connectivity index (χ1v) is 20.4. The highest BCUT2D eigenvalue weighted by molar-refractivity contribution is 5.90. The summed E-state index contributed by atoms with van der Waals surface area (Å²) in [5, 5.41) is 0. The van der Waals surface area contributed by atoms with Gasteiger partial charge < -0.3 is 38.1 Å². The zero-order chi connectivity index (χ0) is 44.6. The molecule has 1 heterocycles. The maximum atomic E-state index is 14.4. The lowest BCUT2D eigenvalue weighted by molar-refractivity contribution is -0.263. The van der Waals surface area contributed by atoms with E-state index in [0.717, 1.165) is 26.3 Å². The number of hydrogen-bond acceptors (Lipinski definition) is 15. The Labute approximate surface area is 355 Å². The molecule has 3 saturated carbocycles. The molecule has 1 saturated heterocycles. The summed E-state index contributed by atoms with van der Waals surface area (Å²) in [6.07, 6.45) is -7.81. The van der Waals surface area contributed by atoms with E-state index >= 15 is 0 Å². The highest BCUT2D eigenvalue weighted by atomic mass is 16.6. The number of benzene rings is 2. The minimum absolute atomic E-state index is 0.0563. The van der Waals surface area contributed by atoms with E-state index in [1.807, 2.05) is 56.3 Å². The Bertz CT molecular complexity index is 2050. The molecule has 0 amide bonds. The molecule has 0 N–H and O–H groups in total. The fraction of sp³-hybridized carbons (Fsp3) is 0.543. The second kappa shape index (κ2) is 17.5. The molecule has 0 spiro atoms. The van der Waals surface area contributed by atoms with E-state index in [1.54, 1.807) is 25.1 Å². The lowest BCUT2D eigenvalue weighted by Gasteiger charge is -2.62. The minimum atomic E-state index is -1.98. The van der Waals surface area contributed by atoms with E-state index in [0.29, 0.717) is 0 Å². The van der Waals surface area contributed by atoms with Crippen LogP contribution in [0.1, 0.15) is 82.8 Å². The van der Waals surface area contributed by atoms with Crippen molar-refractivity contribution in [1.29, 1.82) is 0 Å². The molecular formula is C46H55NO14. The van der Waals surface area contributed by atoms with Gasteiger partial charge in [0, 0.05) is 69.7 Å². The summed E-state index contributed by atoms with van der Waals surface area (Å²) in [7, 11) is 3.66. The molecule has 0 radical (unpaired) electrons. The number of ether oxygens (including phenoxy) is 7. The number of nitrogens with zero attached hydrogens (tertiary/aromatic N) is 1. The molecular weight excluding hydrogens is 790 g/mol. The average Bonchev–Trinajstić information content (AvgIpc) is 3.42. The molecule has 61 heavy (non-hydrogen) atoms. The Morgan fingerprint density at radius 2 is 1.38 bits per heavy atom. The summed E-state index contributed by atoms with van der Waals surface area (Å²) in [5.74, 6) is -8.34. The van der Waals surface area contributed by atoms with Gasteiger partial charge in [0.2, 0.25) is 0 Å². The van der Waals surface area contributed by atoms with Crippen LogP contribution in [0.15, 0.2) is 72.8 Å². The molecule has 4 bridgehead atoms. The molecule has 4 aliphatic rings. The third-order valence-corrected chi connectivity index (χ3v) is 13.2. The summed E-state index contributed by atoms with van der Waals surface area (Å²) in [6, 6.07) is 17.0. The maximum Gasteiger partial charge on any atom is 0.338 e. The van der Waals surface area contributed by atoms with E-state index in [9.17, 15) is 33.6 Å². The second-order valence-corrected chi connectivity index (χ2v) is 17.3. The van der Waals surface area contributed by atoms with Crippen molar-refractivity contribution in [2.75, 3.05) is 27.3 Å². The van der Waals surface area contributed by atoms with Gasteiger partial charge in [0.05, 0.1) is 24.0 Å². The first-order valence-electron chi connectivity index (χ1n) is 20.4. The van der Waals surface area contributed by atoms with Crippen LogP contribution >= 0.6 is 0 Å². The summed E-state index contributed by atoms with van der Waals surface area (Å²) in [4.78, 5) is 97.8. The standard InChI is InChI=1S/C46H55NO14/c1-25-34(61-37(53)21-33(47(8)9)30-16-12-10-13-17-30)22-36(57-26(2)48)46(24-55-43(54)31-18-14-11-15-19-31)38(25)39(58-27(3)49)32-20-35(52)45(7)41(44(32,6)23-56-45)40(59-28(4)50)42(46)60-29(5)51/h10-19,32-34,36,38-42H,1,20-24H2,2-9H3/t32-,33+,34-,36-,38-,39+,40?,41?,42-,44+,45-,46+/m0/s1. The van der Waals surface area contributed by atoms with Crippen molar-refractivity contribution in [2.45, 2.75) is 103 Å². The van der Waals surface area contributed by atoms with E-state index in [-0.39, 0.29) is 42.8 Å². The Balaban J connectivity index is 1.60. The Morgan fingerprint density at radius 1 is 0.803 bits per heavy atom. The first-order chi connectivity index (χ1) is 28.7. The molecule has 2 aromatic rings. The van der Waals surface area contributed by atoms with Crippen molar-refractivity contribution in [3.8, 4) is 0 Å². The number of fused-ring (bicyclic) bond motifs is 1. The first kappa shape index (κ1) is 45.1. The van der Waals surface area contributed by atoms with Gasteiger partial charge in [-0.05, 0) is 44.3 Å². The molecule has 0 aromatic heterocycles. The third kappa shape index (κ3) is 8.46. The second-order valence-electron chi connectivity index (χ2n) is 17.3. The summed E-state index contributed by atoms with van der Waals surface area (Å²) in [6.45, 7) is 11.8. The number of carbonyl (C=O) groups excluding carboxylic acids is 7. The summed E-state index contributed by atoms with van der Waals surface area (Å²) in [5.41, 5.74) is -3.53. The average molecular weight is 846 g/mol. The molecule has 2 unspecified atom stereocenters. The lowest BCUT2D eigenvalue weighted by Crippen LogP contribution is -2.74. The SMILES string of the molecule is C=C1[C@@H](OC(=O)C[C@H](c2ccccc2)N(C)C)C[C@H](OC(C)=O)[C@@]2(COC(=O)c3ccccc3)[C@@H](OC(C)=O)C(OC(C)=O)C3[C@@]4(C)OC[C@]3(C)[C@@H](CC4=O)[C@@H](OC(C)=O)[C@H]12. The smallest absolute Gasteiger partial charge is 0.338 e. The summed E-state index contributed by atoms with van der Waals surface area (Å²) < 4.78 is 43.8. The van der Waals surface area contributed by atoms with Gasteiger partial charge in [0.15, 0.2) is 11.9 Å². The van der Waals surface area contributed by atoms with Crippen molar-refractivity contribution in [3.05, 3.63) is 83.9 Å². The monoisotopic (exact) mass is 845 g/mol. The predicted octanol–water partition coefficient (Wildman–Crippen LogP) is 4.75. The Kier molecular flexibility index (Phi) is 13.0. The lowest BCUT2D eigenvalue weighted by atomic mass is 9.45. The molecule has 12 atom stereocenters. The maximum absolute atomic E-state index is 14.4. The third-order valence-electron chi connectivity index (χ3n) is 13.2. The van der Waals surface area contributed by atoms with Crippen LogP contribution in [0, 0.1) is 28.6 Å². The molecule has 15 heteroatoms. The number of Topliss-reactive ketones (excluding diaryl/α,β-unsaturated/α-hetero) is 1.